The largest absolute Gasteiger partial charge is 0.300 e. The first-order valence-electron chi connectivity index (χ1n) is 11.4. The zero-order valence-corrected chi connectivity index (χ0v) is 21.3. The number of benzene rings is 2. The fourth-order valence-electron chi connectivity index (χ4n) is 3.96. The van der Waals surface area contributed by atoms with Crippen molar-refractivity contribution in [2.75, 3.05) is 11.4 Å². The first kappa shape index (κ1) is 25.5. The van der Waals surface area contributed by atoms with Crippen LogP contribution in [0, 0.1) is 5.92 Å². The Labute approximate surface area is 215 Å². The minimum atomic E-state index is -4.14. The van der Waals surface area contributed by atoms with Crippen LogP contribution in [0.25, 0.3) is 0 Å². The highest BCUT2D eigenvalue weighted by molar-refractivity contribution is 7.90. The van der Waals surface area contributed by atoms with Gasteiger partial charge in [-0.3, -0.25) is 19.6 Å². The third-order valence-corrected chi connectivity index (χ3v) is 7.66. The van der Waals surface area contributed by atoms with Gasteiger partial charge >= 0.3 is 0 Å². The summed E-state index contributed by atoms with van der Waals surface area (Å²) in [4.78, 5) is 36.6. The molecule has 3 aromatic rings. The zero-order chi connectivity index (χ0) is 25.9. The predicted molar refractivity (Wildman–Crippen MR) is 139 cm³/mol. The molecule has 1 aromatic heterocycles. The number of hydrogen-bond donors (Lipinski definition) is 1. The van der Waals surface area contributed by atoms with Gasteiger partial charge in [-0.1, -0.05) is 62.2 Å². The number of anilines is 1. The summed E-state index contributed by atoms with van der Waals surface area (Å²) in [6.07, 6.45) is 3.31. The maximum Gasteiger partial charge on any atom is 0.264 e. The van der Waals surface area contributed by atoms with Gasteiger partial charge < -0.3 is 4.90 Å². The van der Waals surface area contributed by atoms with Crippen molar-refractivity contribution in [1.29, 1.82) is 0 Å². The molecule has 1 aliphatic rings. The summed E-state index contributed by atoms with van der Waals surface area (Å²) in [6.45, 7) is 3.37. The molecule has 0 aliphatic carbocycles. The second-order valence-corrected chi connectivity index (χ2v) is 10.6. The Kier molecular flexibility index (Phi) is 7.51. The van der Waals surface area contributed by atoms with E-state index in [1.807, 2.05) is 44.2 Å². The number of rotatable bonds is 7. The van der Waals surface area contributed by atoms with Gasteiger partial charge in [0.1, 0.15) is 12.6 Å². The van der Waals surface area contributed by atoms with Crippen molar-refractivity contribution in [2.24, 2.45) is 10.9 Å². The molecule has 186 valence electrons. The maximum atomic E-state index is 13.8. The molecule has 0 spiro atoms. The van der Waals surface area contributed by atoms with Gasteiger partial charge in [-0.05, 0) is 36.2 Å². The highest BCUT2D eigenvalue weighted by Gasteiger charge is 2.36. The fourth-order valence-corrected chi connectivity index (χ4v) is 5.09. The van der Waals surface area contributed by atoms with Crippen molar-refractivity contribution in [3.63, 3.8) is 0 Å². The van der Waals surface area contributed by atoms with Gasteiger partial charge in [0.2, 0.25) is 0 Å². The Balaban J connectivity index is 1.77. The van der Waals surface area contributed by atoms with Gasteiger partial charge in [0, 0.05) is 28.5 Å². The highest BCUT2D eigenvalue weighted by atomic mass is 35.5. The number of benzodiazepines with no additional fused rings is 1. The van der Waals surface area contributed by atoms with Crippen molar-refractivity contribution in [2.45, 2.75) is 31.2 Å². The number of halogens is 1. The van der Waals surface area contributed by atoms with Crippen LogP contribution in [-0.2, 0) is 19.6 Å². The van der Waals surface area contributed by atoms with Gasteiger partial charge in [-0.15, -0.1) is 0 Å². The number of hydrogen-bond acceptors (Lipinski definition) is 6. The lowest BCUT2D eigenvalue weighted by Crippen LogP contribution is -2.47. The topological polar surface area (TPSA) is 109 Å². The monoisotopic (exact) mass is 524 g/mol. The number of nitrogens with one attached hydrogen (secondary N) is 1. The van der Waals surface area contributed by atoms with E-state index in [1.165, 1.54) is 29.4 Å². The van der Waals surface area contributed by atoms with Crippen molar-refractivity contribution in [3.05, 3.63) is 89.2 Å². The molecular weight excluding hydrogens is 500 g/mol. The van der Waals surface area contributed by atoms with Crippen molar-refractivity contribution >= 4 is 44.8 Å². The standard InChI is InChI=1S/C26H25ClN4O4S/c1-3-17(2)24-26(33)31(16-23(32)30-36(34,35)20-11-13-28-14-12-20)22-10-9-19(27)15-21(22)25(29-24)18-7-5-4-6-8-18/h4-15,17,24H,3,16H2,1-2H3,(H,30,32)/t17-,24-/m0/s1. The molecule has 1 aliphatic heterocycles. The Morgan fingerprint density at radius 2 is 1.81 bits per heavy atom. The third kappa shape index (κ3) is 5.32. The molecule has 0 bridgehead atoms. The van der Waals surface area contributed by atoms with Crippen LogP contribution in [0.2, 0.25) is 5.02 Å². The number of carbonyl (C=O) groups is 2. The van der Waals surface area contributed by atoms with Gasteiger partial charge in [0.15, 0.2) is 0 Å². The van der Waals surface area contributed by atoms with Gasteiger partial charge in [0.05, 0.1) is 16.3 Å². The van der Waals surface area contributed by atoms with E-state index in [9.17, 15) is 18.0 Å². The van der Waals surface area contributed by atoms with Gasteiger partial charge in [0.25, 0.3) is 21.8 Å². The predicted octanol–water partition coefficient (Wildman–Crippen LogP) is 3.84. The molecule has 2 heterocycles. The average molecular weight is 525 g/mol. The summed E-state index contributed by atoms with van der Waals surface area (Å²) >= 11 is 6.33. The van der Waals surface area contributed by atoms with Crippen LogP contribution in [0.5, 0.6) is 0 Å². The summed E-state index contributed by atoms with van der Waals surface area (Å²) in [5.41, 5.74) is 2.39. The molecule has 2 atom stereocenters. The van der Waals surface area contributed by atoms with Crippen LogP contribution in [0.1, 0.15) is 31.4 Å². The molecule has 0 radical (unpaired) electrons. The second-order valence-electron chi connectivity index (χ2n) is 8.47. The normalized spacial score (nSPS) is 16.5. The van der Waals surface area contributed by atoms with Gasteiger partial charge in [-0.25, -0.2) is 13.1 Å². The second kappa shape index (κ2) is 10.6. The Morgan fingerprint density at radius 1 is 1.11 bits per heavy atom. The molecule has 36 heavy (non-hydrogen) atoms. The molecule has 8 nitrogen and oxygen atoms in total. The minimum Gasteiger partial charge on any atom is -0.300 e. The molecule has 0 saturated heterocycles. The summed E-state index contributed by atoms with van der Waals surface area (Å²) in [6, 6.07) is 16.2. The van der Waals surface area contributed by atoms with E-state index in [2.05, 4.69) is 9.71 Å². The van der Waals surface area contributed by atoms with Crippen LogP contribution in [0.3, 0.4) is 0 Å². The van der Waals surface area contributed by atoms with Crippen LogP contribution in [0.15, 0.2) is 82.9 Å². The number of aliphatic imine (C=N–C) groups is 1. The van der Waals surface area contributed by atoms with Gasteiger partial charge in [-0.2, -0.15) is 0 Å². The first-order chi connectivity index (χ1) is 17.2. The quantitative estimate of drug-likeness (QED) is 0.505. The number of sulfonamides is 1. The van der Waals surface area contributed by atoms with Crippen LogP contribution in [-0.4, -0.2) is 43.5 Å². The first-order valence-corrected chi connectivity index (χ1v) is 13.3. The summed E-state index contributed by atoms with van der Waals surface area (Å²) in [7, 11) is -4.14. The molecule has 2 aromatic carbocycles. The fraction of sp³-hybridized carbons (Fsp3) is 0.231. The summed E-state index contributed by atoms with van der Waals surface area (Å²) in [5.74, 6) is -1.38. The lowest BCUT2D eigenvalue weighted by Gasteiger charge is -2.26. The van der Waals surface area contributed by atoms with Crippen molar-refractivity contribution < 1.29 is 18.0 Å². The molecule has 0 saturated carbocycles. The minimum absolute atomic E-state index is 0.104. The lowest BCUT2D eigenvalue weighted by atomic mass is 9.98. The molecule has 0 fully saturated rings. The average Bonchev–Trinajstić information content (AvgIpc) is 2.99. The maximum absolute atomic E-state index is 13.8. The number of aromatic nitrogens is 1. The summed E-state index contributed by atoms with van der Waals surface area (Å²) < 4.78 is 27.4. The Hall–Kier alpha value is -3.56. The third-order valence-electron chi connectivity index (χ3n) is 6.03. The van der Waals surface area contributed by atoms with Crippen LogP contribution in [0.4, 0.5) is 5.69 Å². The zero-order valence-electron chi connectivity index (χ0n) is 19.8. The molecule has 4 rings (SSSR count). The lowest BCUT2D eigenvalue weighted by molar-refractivity contribution is -0.124. The van der Waals surface area contributed by atoms with Crippen molar-refractivity contribution in [1.82, 2.24) is 9.71 Å². The van der Waals surface area contributed by atoms with E-state index < -0.39 is 34.4 Å². The number of carbonyl (C=O) groups excluding carboxylic acids is 2. The molecule has 10 heteroatoms. The van der Waals surface area contributed by atoms with E-state index in [-0.39, 0.29) is 10.8 Å². The number of nitrogens with zero attached hydrogens (tertiary/aromatic N) is 3. The number of fused-ring (bicyclic) bond motifs is 1. The molecule has 0 unspecified atom stereocenters. The SMILES string of the molecule is CC[C@H](C)[C@@H]1N=C(c2ccccc2)c2cc(Cl)ccc2N(CC(=O)NS(=O)(=O)c2ccncc2)C1=O. The van der Waals surface area contributed by atoms with Crippen LogP contribution >= 0.6 is 11.6 Å². The summed E-state index contributed by atoms with van der Waals surface area (Å²) in [5, 5.41) is 0.441. The molecule has 2 amide bonds. The number of amides is 2. The van der Waals surface area contributed by atoms with E-state index in [0.29, 0.717) is 28.4 Å². The Bertz CT molecular complexity index is 1410. The van der Waals surface area contributed by atoms with E-state index >= 15 is 0 Å². The molecular formula is C26H25ClN4O4S. The highest BCUT2D eigenvalue weighted by Crippen LogP contribution is 2.33. The van der Waals surface area contributed by atoms with E-state index in [4.69, 9.17) is 16.6 Å². The van der Waals surface area contributed by atoms with E-state index in [1.54, 1.807) is 18.2 Å². The number of pyridine rings is 1. The van der Waals surface area contributed by atoms with E-state index in [0.717, 1.165) is 5.56 Å². The van der Waals surface area contributed by atoms with Crippen molar-refractivity contribution in [3.8, 4) is 0 Å². The molecule has 1 N–H and O–H groups in total. The van der Waals surface area contributed by atoms with Crippen LogP contribution < -0.4 is 9.62 Å². The Morgan fingerprint density at radius 3 is 2.47 bits per heavy atom. The smallest absolute Gasteiger partial charge is 0.264 e.